The molecule has 7 heteroatoms. The molecule has 0 saturated heterocycles. The Bertz CT molecular complexity index is 1070. The van der Waals surface area contributed by atoms with E-state index >= 15 is 0 Å². The number of ether oxygens (including phenoxy) is 1. The Balaban J connectivity index is 1.43. The maximum absolute atomic E-state index is 6.03. The molecule has 4 rings (SSSR count). The third kappa shape index (κ3) is 4.02. The van der Waals surface area contributed by atoms with Gasteiger partial charge in [0.1, 0.15) is 11.6 Å². The number of hydrogen-bond donors (Lipinski definition) is 1. The predicted octanol–water partition coefficient (Wildman–Crippen LogP) is 5.07. The minimum Gasteiger partial charge on any atom is -0.497 e. The van der Waals surface area contributed by atoms with Crippen molar-refractivity contribution in [1.82, 2.24) is 15.0 Å². The highest BCUT2D eigenvalue weighted by Gasteiger charge is 2.08. The average Bonchev–Trinajstić information content (AvgIpc) is 3.17. The fourth-order valence-corrected chi connectivity index (χ4v) is 3.77. The maximum Gasteiger partial charge on any atom is 0.224 e. The lowest BCUT2D eigenvalue weighted by Crippen LogP contribution is -2.07. The van der Waals surface area contributed by atoms with E-state index in [1.54, 1.807) is 18.4 Å². The number of methoxy groups -OCH3 is 1. The van der Waals surface area contributed by atoms with E-state index in [0.29, 0.717) is 6.54 Å². The molecule has 0 aliphatic carbocycles. The quantitative estimate of drug-likeness (QED) is 0.461. The summed E-state index contributed by atoms with van der Waals surface area (Å²) in [5.41, 5.74) is 2.89. The Morgan fingerprint density at radius 1 is 1.04 bits per heavy atom. The van der Waals surface area contributed by atoms with Gasteiger partial charge in [0, 0.05) is 29.3 Å². The summed E-state index contributed by atoms with van der Waals surface area (Å²) < 4.78 is 5.20. The Hall–Kier alpha value is -2.70. The molecule has 0 atom stereocenters. The van der Waals surface area contributed by atoms with Crippen LogP contribution in [0.2, 0.25) is 5.28 Å². The van der Waals surface area contributed by atoms with E-state index < -0.39 is 0 Å². The number of rotatable bonds is 6. The van der Waals surface area contributed by atoms with Crippen LogP contribution in [0.5, 0.6) is 5.75 Å². The van der Waals surface area contributed by atoms with Gasteiger partial charge in [0.05, 0.1) is 23.3 Å². The molecule has 0 unspecified atom stereocenters. The van der Waals surface area contributed by atoms with E-state index in [-0.39, 0.29) is 5.28 Å². The van der Waals surface area contributed by atoms with Gasteiger partial charge in [0.15, 0.2) is 0 Å². The van der Waals surface area contributed by atoms with Crippen LogP contribution in [-0.4, -0.2) is 28.6 Å². The Morgan fingerprint density at radius 2 is 1.85 bits per heavy atom. The Morgan fingerprint density at radius 3 is 2.67 bits per heavy atom. The number of nitrogens with zero attached hydrogens (tertiary/aromatic N) is 3. The third-order valence-electron chi connectivity index (χ3n) is 4.14. The third-order valence-corrected chi connectivity index (χ3v) is 5.22. The second kappa shape index (κ2) is 7.90. The zero-order valence-electron chi connectivity index (χ0n) is 14.6. The number of para-hydroxylation sites is 1. The Kier molecular flexibility index (Phi) is 5.18. The summed E-state index contributed by atoms with van der Waals surface area (Å²) in [6.45, 7) is 0.715. The minimum atomic E-state index is 0.243. The summed E-state index contributed by atoms with van der Waals surface area (Å²) in [7, 11) is 1.66. The maximum atomic E-state index is 6.03. The highest BCUT2D eigenvalue weighted by molar-refractivity contribution is 7.09. The van der Waals surface area contributed by atoms with E-state index in [1.807, 2.05) is 48.5 Å². The molecule has 4 aromatic rings. The van der Waals surface area contributed by atoms with E-state index in [1.165, 1.54) is 0 Å². The standard InChI is InChI=1S/C20H17ClN4OS/c1-26-14-8-6-13(7-9-14)17-12-27-18(23-17)10-11-22-19-15-4-2-3-5-16(15)24-20(21)25-19/h2-9,12H,10-11H2,1H3,(H,22,24,25). The van der Waals surface area contributed by atoms with Crippen LogP contribution in [0.25, 0.3) is 22.2 Å². The molecule has 0 bridgehead atoms. The topological polar surface area (TPSA) is 59.9 Å². The lowest BCUT2D eigenvalue weighted by atomic mass is 10.2. The van der Waals surface area contributed by atoms with Crippen molar-refractivity contribution in [2.24, 2.45) is 0 Å². The molecule has 0 radical (unpaired) electrons. The van der Waals surface area contributed by atoms with Gasteiger partial charge in [-0.2, -0.15) is 0 Å². The zero-order valence-corrected chi connectivity index (χ0v) is 16.2. The summed E-state index contributed by atoms with van der Waals surface area (Å²) in [6.07, 6.45) is 0.802. The number of halogens is 1. The van der Waals surface area contributed by atoms with Crippen molar-refractivity contribution in [1.29, 1.82) is 0 Å². The fraction of sp³-hybridized carbons (Fsp3) is 0.150. The Labute approximate surface area is 166 Å². The lowest BCUT2D eigenvalue weighted by molar-refractivity contribution is 0.415. The summed E-state index contributed by atoms with van der Waals surface area (Å²) >= 11 is 7.69. The van der Waals surface area contributed by atoms with Crippen LogP contribution in [0.15, 0.2) is 53.9 Å². The number of fused-ring (bicyclic) bond motifs is 1. The number of anilines is 1. The van der Waals surface area contributed by atoms with Crippen LogP contribution in [0, 0.1) is 0 Å². The largest absolute Gasteiger partial charge is 0.497 e. The van der Waals surface area contributed by atoms with Crippen molar-refractivity contribution in [2.75, 3.05) is 19.0 Å². The summed E-state index contributed by atoms with van der Waals surface area (Å²) in [5, 5.41) is 7.70. The van der Waals surface area contributed by atoms with Crippen molar-refractivity contribution in [2.45, 2.75) is 6.42 Å². The highest BCUT2D eigenvalue weighted by atomic mass is 35.5. The zero-order chi connectivity index (χ0) is 18.6. The van der Waals surface area contributed by atoms with E-state index in [2.05, 4.69) is 20.7 Å². The van der Waals surface area contributed by atoms with E-state index in [4.69, 9.17) is 21.3 Å². The molecule has 2 aromatic heterocycles. The van der Waals surface area contributed by atoms with Crippen molar-refractivity contribution in [3.63, 3.8) is 0 Å². The molecule has 2 heterocycles. The van der Waals surface area contributed by atoms with E-state index in [0.717, 1.165) is 45.2 Å². The van der Waals surface area contributed by atoms with Gasteiger partial charge >= 0.3 is 0 Å². The van der Waals surface area contributed by atoms with Crippen LogP contribution in [0.1, 0.15) is 5.01 Å². The second-order valence-corrected chi connectivity index (χ2v) is 7.17. The normalized spacial score (nSPS) is 10.9. The van der Waals surface area contributed by atoms with Crippen LogP contribution in [0.4, 0.5) is 5.82 Å². The number of hydrogen-bond acceptors (Lipinski definition) is 6. The summed E-state index contributed by atoms with van der Waals surface area (Å²) in [4.78, 5) is 13.3. The van der Waals surface area contributed by atoms with Crippen LogP contribution in [0.3, 0.4) is 0 Å². The lowest BCUT2D eigenvalue weighted by Gasteiger charge is -2.08. The van der Waals surface area contributed by atoms with Crippen LogP contribution >= 0.6 is 22.9 Å². The molecule has 27 heavy (non-hydrogen) atoms. The van der Waals surface area contributed by atoms with Gasteiger partial charge in [-0.15, -0.1) is 11.3 Å². The summed E-state index contributed by atoms with van der Waals surface area (Å²) in [6, 6.07) is 15.7. The van der Waals surface area contributed by atoms with Crippen LogP contribution in [-0.2, 0) is 6.42 Å². The molecule has 0 fully saturated rings. The van der Waals surface area contributed by atoms with Gasteiger partial charge in [0.2, 0.25) is 5.28 Å². The summed E-state index contributed by atoms with van der Waals surface area (Å²) in [5.74, 6) is 1.59. The van der Waals surface area contributed by atoms with Gasteiger partial charge in [-0.05, 0) is 48.0 Å². The molecular formula is C20H17ClN4OS. The molecular weight excluding hydrogens is 380 g/mol. The molecule has 0 amide bonds. The highest BCUT2D eigenvalue weighted by Crippen LogP contribution is 2.25. The van der Waals surface area contributed by atoms with Gasteiger partial charge in [-0.25, -0.2) is 15.0 Å². The average molecular weight is 397 g/mol. The van der Waals surface area contributed by atoms with E-state index in [9.17, 15) is 0 Å². The first-order valence-electron chi connectivity index (χ1n) is 8.48. The fourth-order valence-electron chi connectivity index (χ4n) is 2.79. The molecule has 5 nitrogen and oxygen atoms in total. The predicted molar refractivity (Wildman–Crippen MR) is 111 cm³/mol. The second-order valence-electron chi connectivity index (χ2n) is 5.89. The van der Waals surface area contributed by atoms with Crippen LogP contribution < -0.4 is 10.1 Å². The molecule has 0 saturated carbocycles. The SMILES string of the molecule is COc1ccc(-c2csc(CCNc3nc(Cl)nc4ccccc34)n2)cc1. The van der Waals surface area contributed by atoms with Crippen molar-refractivity contribution >= 4 is 39.7 Å². The molecule has 2 aromatic carbocycles. The smallest absolute Gasteiger partial charge is 0.224 e. The van der Waals surface area contributed by atoms with Crippen molar-refractivity contribution in [3.05, 3.63) is 64.2 Å². The first-order chi connectivity index (χ1) is 13.2. The number of thiazole rings is 1. The monoisotopic (exact) mass is 396 g/mol. The van der Waals surface area contributed by atoms with Crippen molar-refractivity contribution in [3.8, 4) is 17.0 Å². The molecule has 0 aliphatic rings. The first-order valence-corrected chi connectivity index (χ1v) is 9.73. The molecule has 0 aliphatic heterocycles. The number of aromatic nitrogens is 3. The van der Waals surface area contributed by atoms with Gasteiger partial charge < -0.3 is 10.1 Å². The first kappa shape index (κ1) is 17.7. The van der Waals surface area contributed by atoms with Gasteiger partial charge in [-0.3, -0.25) is 0 Å². The molecule has 136 valence electrons. The van der Waals surface area contributed by atoms with Crippen molar-refractivity contribution < 1.29 is 4.74 Å². The number of benzene rings is 2. The minimum absolute atomic E-state index is 0.243. The van der Waals surface area contributed by atoms with Gasteiger partial charge in [-0.1, -0.05) is 12.1 Å². The number of nitrogens with one attached hydrogen (secondary N) is 1. The molecule has 1 N–H and O–H groups in total. The van der Waals surface area contributed by atoms with Gasteiger partial charge in [0.25, 0.3) is 0 Å². The molecule has 0 spiro atoms.